The van der Waals surface area contributed by atoms with E-state index in [9.17, 15) is 0 Å². The van der Waals surface area contributed by atoms with E-state index in [4.69, 9.17) is 4.74 Å². The molecule has 0 amide bonds. The second-order valence-corrected chi connectivity index (χ2v) is 4.19. The number of likely N-dealkylation sites (N-methyl/N-ethyl adjacent to an activating group) is 1. The molecule has 0 fully saturated rings. The maximum absolute atomic E-state index is 5.07. The normalized spacial score (nSPS) is 13.4. The third-order valence-electron chi connectivity index (χ3n) is 2.53. The number of methoxy groups -OCH3 is 1. The molecule has 1 N–H and O–H groups in total. The molecule has 1 atom stereocenters. The number of hydrogen-bond acceptors (Lipinski definition) is 3. The predicted molar refractivity (Wildman–Crippen MR) is 66.4 cm³/mol. The molecule has 0 bridgehead atoms. The summed E-state index contributed by atoms with van der Waals surface area (Å²) < 4.78 is 5.07. The smallest absolute Gasteiger partial charge is 0.0589 e. The van der Waals surface area contributed by atoms with Crippen molar-refractivity contribution >= 4 is 0 Å². The summed E-state index contributed by atoms with van der Waals surface area (Å²) in [6.07, 6.45) is 3.72. The van der Waals surface area contributed by atoms with Crippen molar-refractivity contribution in [3.63, 3.8) is 0 Å². The Hall–Kier alpha value is -0.120. The fourth-order valence-electron chi connectivity index (χ4n) is 1.67. The summed E-state index contributed by atoms with van der Waals surface area (Å²) in [6.45, 7) is 8.55. The highest BCUT2D eigenvalue weighted by atomic mass is 16.5. The fourth-order valence-corrected chi connectivity index (χ4v) is 1.67. The molecule has 0 saturated heterocycles. The Morgan fingerprint density at radius 2 is 2.00 bits per heavy atom. The second kappa shape index (κ2) is 10.4. The molecule has 0 aromatic carbocycles. The van der Waals surface area contributed by atoms with Crippen LogP contribution >= 0.6 is 0 Å². The van der Waals surface area contributed by atoms with Gasteiger partial charge in [-0.15, -0.1) is 0 Å². The minimum Gasteiger partial charge on any atom is -0.383 e. The molecule has 92 valence electrons. The largest absolute Gasteiger partial charge is 0.383 e. The van der Waals surface area contributed by atoms with Gasteiger partial charge in [0.1, 0.15) is 0 Å². The number of nitrogens with zero attached hydrogens (tertiary/aromatic N) is 1. The van der Waals surface area contributed by atoms with Gasteiger partial charge in [-0.1, -0.05) is 20.3 Å². The topological polar surface area (TPSA) is 24.5 Å². The third kappa shape index (κ3) is 8.85. The molecule has 0 aliphatic heterocycles. The van der Waals surface area contributed by atoms with Crippen molar-refractivity contribution in [2.45, 2.75) is 39.2 Å². The summed E-state index contributed by atoms with van der Waals surface area (Å²) in [5.74, 6) is 0. The van der Waals surface area contributed by atoms with Crippen LogP contribution in [0.3, 0.4) is 0 Å². The van der Waals surface area contributed by atoms with E-state index in [-0.39, 0.29) is 0 Å². The van der Waals surface area contributed by atoms with Gasteiger partial charge in [-0.2, -0.15) is 0 Å². The van der Waals surface area contributed by atoms with E-state index >= 15 is 0 Å². The van der Waals surface area contributed by atoms with Gasteiger partial charge < -0.3 is 15.0 Å². The minimum atomic E-state index is 0.636. The summed E-state index contributed by atoms with van der Waals surface area (Å²) in [6, 6.07) is 0.636. The number of hydrogen-bond donors (Lipinski definition) is 1. The van der Waals surface area contributed by atoms with E-state index in [1.54, 1.807) is 7.11 Å². The van der Waals surface area contributed by atoms with Crippen LogP contribution in [0.1, 0.15) is 33.1 Å². The molecule has 0 radical (unpaired) electrons. The van der Waals surface area contributed by atoms with E-state index in [1.807, 2.05) is 0 Å². The van der Waals surface area contributed by atoms with Crippen LogP contribution in [0.2, 0.25) is 0 Å². The second-order valence-electron chi connectivity index (χ2n) is 4.19. The van der Waals surface area contributed by atoms with Crippen LogP contribution in [0.4, 0.5) is 0 Å². The van der Waals surface area contributed by atoms with Gasteiger partial charge in [-0.05, 0) is 26.4 Å². The lowest BCUT2D eigenvalue weighted by Gasteiger charge is -2.24. The summed E-state index contributed by atoms with van der Waals surface area (Å²) in [7, 11) is 3.92. The molecule has 3 heteroatoms. The highest BCUT2D eigenvalue weighted by molar-refractivity contribution is 4.69. The van der Waals surface area contributed by atoms with Crippen molar-refractivity contribution in [1.29, 1.82) is 0 Å². The first-order chi connectivity index (χ1) is 7.24. The predicted octanol–water partition coefficient (Wildman–Crippen LogP) is 1.73. The van der Waals surface area contributed by atoms with Crippen LogP contribution in [0, 0.1) is 0 Å². The maximum Gasteiger partial charge on any atom is 0.0589 e. The zero-order valence-corrected chi connectivity index (χ0v) is 10.9. The molecule has 0 heterocycles. The van der Waals surface area contributed by atoms with Crippen molar-refractivity contribution in [2.24, 2.45) is 0 Å². The quantitative estimate of drug-likeness (QED) is 0.602. The van der Waals surface area contributed by atoms with Crippen molar-refractivity contribution in [2.75, 3.05) is 40.4 Å². The molecule has 15 heavy (non-hydrogen) atoms. The standard InChI is InChI=1S/C12H28N2O/c1-5-7-12(13-8-6-2)11-14(3)9-10-15-4/h12-13H,5-11H2,1-4H3. The van der Waals surface area contributed by atoms with Gasteiger partial charge in [0.05, 0.1) is 6.61 Å². The molecular weight excluding hydrogens is 188 g/mol. The Balaban J connectivity index is 3.70. The van der Waals surface area contributed by atoms with Crippen molar-refractivity contribution in [3.05, 3.63) is 0 Å². The Morgan fingerprint density at radius 1 is 1.27 bits per heavy atom. The average Bonchev–Trinajstić information content (AvgIpc) is 2.23. The third-order valence-corrected chi connectivity index (χ3v) is 2.53. The van der Waals surface area contributed by atoms with E-state index in [2.05, 4.69) is 31.1 Å². The Labute approximate surface area is 95.2 Å². The van der Waals surface area contributed by atoms with E-state index in [0.29, 0.717) is 6.04 Å². The van der Waals surface area contributed by atoms with Crippen molar-refractivity contribution in [1.82, 2.24) is 10.2 Å². The van der Waals surface area contributed by atoms with Crippen LogP contribution in [0.5, 0.6) is 0 Å². The summed E-state index contributed by atoms with van der Waals surface area (Å²) >= 11 is 0. The first-order valence-electron chi connectivity index (χ1n) is 6.15. The summed E-state index contributed by atoms with van der Waals surface area (Å²) in [5, 5.41) is 3.60. The molecule has 0 aromatic rings. The molecule has 3 nitrogen and oxygen atoms in total. The highest BCUT2D eigenvalue weighted by Crippen LogP contribution is 1.99. The van der Waals surface area contributed by atoms with Gasteiger partial charge >= 0.3 is 0 Å². The van der Waals surface area contributed by atoms with Gasteiger partial charge in [0.15, 0.2) is 0 Å². The van der Waals surface area contributed by atoms with Crippen LogP contribution in [-0.2, 0) is 4.74 Å². The Bertz CT molecular complexity index is 131. The summed E-state index contributed by atoms with van der Waals surface area (Å²) in [5.41, 5.74) is 0. The molecule has 0 rings (SSSR count). The Morgan fingerprint density at radius 3 is 2.53 bits per heavy atom. The van der Waals surface area contributed by atoms with Gasteiger partial charge in [0.2, 0.25) is 0 Å². The lowest BCUT2D eigenvalue weighted by atomic mass is 10.1. The number of rotatable bonds is 10. The van der Waals surface area contributed by atoms with Gasteiger partial charge in [-0.3, -0.25) is 0 Å². The van der Waals surface area contributed by atoms with E-state index in [0.717, 1.165) is 26.2 Å². The molecule has 0 spiro atoms. The molecule has 1 unspecified atom stereocenters. The zero-order valence-electron chi connectivity index (χ0n) is 10.9. The molecule has 0 aliphatic rings. The van der Waals surface area contributed by atoms with Gasteiger partial charge in [0.25, 0.3) is 0 Å². The van der Waals surface area contributed by atoms with Crippen LogP contribution in [-0.4, -0.2) is 51.3 Å². The zero-order chi connectivity index (χ0) is 11.5. The number of ether oxygens (including phenoxy) is 1. The molecule has 0 aliphatic carbocycles. The average molecular weight is 216 g/mol. The first-order valence-corrected chi connectivity index (χ1v) is 6.15. The summed E-state index contributed by atoms with van der Waals surface area (Å²) in [4.78, 5) is 2.34. The van der Waals surface area contributed by atoms with Crippen LogP contribution in [0.15, 0.2) is 0 Å². The Kier molecular flexibility index (Phi) is 10.3. The fraction of sp³-hybridized carbons (Fsp3) is 1.00. The van der Waals surface area contributed by atoms with E-state index in [1.165, 1.54) is 19.3 Å². The van der Waals surface area contributed by atoms with Crippen molar-refractivity contribution < 1.29 is 4.74 Å². The first kappa shape index (κ1) is 14.9. The van der Waals surface area contributed by atoms with Crippen LogP contribution in [0.25, 0.3) is 0 Å². The molecular formula is C12H28N2O. The maximum atomic E-state index is 5.07. The SMILES string of the molecule is CCCNC(CCC)CN(C)CCOC. The van der Waals surface area contributed by atoms with Crippen molar-refractivity contribution in [3.8, 4) is 0 Å². The monoisotopic (exact) mass is 216 g/mol. The minimum absolute atomic E-state index is 0.636. The lowest BCUT2D eigenvalue weighted by molar-refractivity contribution is 0.154. The van der Waals surface area contributed by atoms with Gasteiger partial charge in [-0.25, -0.2) is 0 Å². The van der Waals surface area contributed by atoms with Crippen LogP contribution < -0.4 is 5.32 Å². The van der Waals surface area contributed by atoms with Gasteiger partial charge in [0, 0.05) is 26.2 Å². The lowest BCUT2D eigenvalue weighted by Crippen LogP contribution is -2.40. The molecule has 0 aromatic heterocycles. The molecule has 0 saturated carbocycles. The van der Waals surface area contributed by atoms with E-state index < -0.39 is 0 Å². The number of nitrogens with one attached hydrogen (secondary N) is 1. The highest BCUT2D eigenvalue weighted by Gasteiger charge is 2.09.